The minimum Gasteiger partial charge on any atom is -0.497 e. The summed E-state index contributed by atoms with van der Waals surface area (Å²) in [6.45, 7) is 4.76. The maximum absolute atomic E-state index is 16.2. The summed E-state index contributed by atoms with van der Waals surface area (Å²) in [5.74, 6) is -4.84. The van der Waals surface area contributed by atoms with Crippen LogP contribution in [0.4, 0.5) is 11.4 Å². The molecule has 2 fully saturated rings. The maximum atomic E-state index is 16.2. The zero-order chi connectivity index (χ0) is 40.4. The minimum absolute atomic E-state index is 0.202. The lowest BCUT2D eigenvalue weighted by atomic mass is 9.57. The first-order valence-corrected chi connectivity index (χ1v) is 20.0. The molecule has 57 heavy (non-hydrogen) atoms. The van der Waals surface area contributed by atoms with Gasteiger partial charge in [-0.3, -0.25) is 19.8 Å². The van der Waals surface area contributed by atoms with E-state index in [0.717, 1.165) is 12.8 Å². The molecule has 1 saturated carbocycles. The van der Waals surface area contributed by atoms with E-state index in [2.05, 4.69) is 6.07 Å². The number of hydrogen-bond acceptors (Lipinski definition) is 8. The lowest BCUT2D eigenvalue weighted by Crippen LogP contribution is -2.63. The standard InChI is InChI=1S/C45H42Cl2N4O6/c1-5-7-21-50-34-19-13-28(46)23-32(34)36(40(50)53)38-43(25-48)39(37(52)26-9-15-30(55-3)16-10-26)44(45(38,57-41(43)49)27-11-17-31(56-4)18-12-27)33-24-29(47)14-20-35(33)51(42(44)54)22-8-6-2/h9-20,23-24,36,38-39,49H,5-8,21-22H2,1-4H3/t36-,38+,39+,43-,44-,45+/m0/s1. The predicted octanol–water partition coefficient (Wildman–Crippen LogP) is 8.87. The van der Waals surface area contributed by atoms with E-state index in [1.807, 2.05) is 13.8 Å². The van der Waals surface area contributed by atoms with Crippen molar-refractivity contribution < 1.29 is 28.6 Å². The van der Waals surface area contributed by atoms with Crippen LogP contribution in [0.25, 0.3) is 0 Å². The molecule has 1 spiro atoms. The number of fused-ring (bicyclic) bond motifs is 6. The molecule has 2 bridgehead atoms. The van der Waals surface area contributed by atoms with Crippen LogP contribution in [0.2, 0.25) is 10.0 Å². The van der Waals surface area contributed by atoms with Gasteiger partial charge in [-0.15, -0.1) is 0 Å². The zero-order valence-corrected chi connectivity index (χ0v) is 33.6. The van der Waals surface area contributed by atoms with Crippen molar-refractivity contribution in [1.82, 2.24) is 0 Å². The van der Waals surface area contributed by atoms with Crippen LogP contribution in [0.15, 0.2) is 84.9 Å². The van der Waals surface area contributed by atoms with Crippen molar-refractivity contribution >= 4 is 58.1 Å². The summed E-state index contributed by atoms with van der Waals surface area (Å²) in [6, 6.07) is 26.3. The van der Waals surface area contributed by atoms with E-state index >= 15 is 14.4 Å². The molecule has 3 aliphatic heterocycles. The smallest absolute Gasteiger partial charge is 0.243 e. The summed E-state index contributed by atoms with van der Waals surface area (Å²) >= 11 is 13.6. The van der Waals surface area contributed by atoms with Gasteiger partial charge in [-0.25, -0.2) is 0 Å². The molecule has 4 aromatic carbocycles. The second-order valence-corrected chi connectivity index (χ2v) is 16.1. The quantitative estimate of drug-likeness (QED) is 0.142. The van der Waals surface area contributed by atoms with Crippen LogP contribution in [0.3, 0.4) is 0 Å². The summed E-state index contributed by atoms with van der Waals surface area (Å²) in [5, 5.41) is 22.4. The van der Waals surface area contributed by atoms with E-state index in [9.17, 15) is 10.7 Å². The summed E-state index contributed by atoms with van der Waals surface area (Å²) < 4.78 is 18.0. The van der Waals surface area contributed by atoms with Gasteiger partial charge in [0, 0.05) is 46.0 Å². The van der Waals surface area contributed by atoms with Gasteiger partial charge in [-0.1, -0.05) is 62.0 Å². The number of methoxy groups -OCH3 is 2. The Morgan fingerprint density at radius 2 is 1.42 bits per heavy atom. The highest BCUT2D eigenvalue weighted by Gasteiger charge is 2.91. The molecule has 2 amide bonds. The number of benzene rings is 4. The number of amides is 2. The van der Waals surface area contributed by atoms with E-state index in [1.165, 1.54) is 14.2 Å². The van der Waals surface area contributed by atoms with Crippen molar-refractivity contribution in [3.8, 4) is 17.6 Å². The van der Waals surface area contributed by atoms with Crippen LogP contribution in [-0.2, 0) is 25.3 Å². The molecule has 0 radical (unpaired) electrons. The third kappa shape index (κ3) is 5.07. The average Bonchev–Trinajstić information content (AvgIpc) is 3.82. The second-order valence-electron chi connectivity index (χ2n) is 15.2. The van der Waals surface area contributed by atoms with Crippen LogP contribution < -0.4 is 19.3 Å². The Hall–Kier alpha value is -5.37. The number of nitrogens with zero attached hydrogens (tertiary/aromatic N) is 3. The van der Waals surface area contributed by atoms with E-state index in [4.69, 9.17) is 37.4 Å². The van der Waals surface area contributed by atoms with Crippen molar-refractivity contribution in [3.63, 3.8) is 0 Å². The van der Waals surface area contributed by atoms with Crippen molar-refractivity contribution in [2.75, 3.05) is 37.1 Å². The molecule has 4 aromatic rings. The van der Waals surface area contributed by atoms with Gasteiger partial charge < -0.3 is 24.0 Å². The first-order chi connectivity index (χ1) is 27.5. The molecule has 1 aliphatic carbocycles. The number of carbonyl (C=O) groups is 3. The monoisotopic (exact) mass is 804 g/mol. The minimum atomic E-state index is -2.16. The predicted molar refractivity (Wildman–Crippen MR) is 218 cm³/mol. The Kier molecular flexibility index (Phi) is 9.61. The topological polar surface area (TPSA) is 133 Å². The molecule has 4 aliphatic rings. The van der Waals surface area contributed by atoms with Crippen molar-refractivity contribution in [1.29, 1.82) is 10.7 Å². The molecule has 292 valence electrons. The van der Waals surface area contributed by atoms with Crippen LogP contribution >= 0.6 is 23.2 Å². The first kappa shape index (κ1) is 38.5. The number of halogens is 2. The summed E-state index contributed by atoms with van der Waals surface area (Å²) in [7, 11) is 3.05. The number of anilines is 2. The Morgan fingerprint density at radius 3 is 2.02 bits per heavy atom. The molecular formula is C45H42Cl2N4O6. The number of hydrogen-bond donors (Lipinski definition) is 1. The van der Waals surface area contributed by atoms with Gasteiger partial charge in [0.1, 0.15) is 16.9 Å². The fraction of sp³-hybridized carbons (Fsp3) is 0.356. The number of ketones is 1. The molecule has 3 heterocycles. The number of rotatable bonds is 12. The van der Waals surface area contributed by atoms with Gasteiger partial charge in [-0.2, -0.15) is 5.26 Å². The molecule has 6 atom stereocenters. The van der Waals surface area contributed by atoms with Crippen LogP contribution in [-0.4, -0.2) is 50.8 Å². The Balaban J connectivity index is 1.54. The molecule has 0 aromatic heterocycles. The maximum Gasteiger partial charge on any atom is 0.243 e. The number of carbonyl (C=O) groups excluding carboxylic acids is 3. The van der Waals surface area contributed by atoms with E-state index in [0.29, 0.717) is 75.5 Å². The Labute approximate surface area is 341 Å². The molecule has 1 saturated heterocycles. The SMILES string of the molecule is CCCCN1C(=O)[C@H]([C@@H]2[C@]3(C#N)C(=N)O[C@@]2(c2ccc(OC)cc2)[C@]2(C(=O)N(CCCC)c4ccc(Cl)cc42)[C@@H]3C(=O)c2ccc(OC)cc2)c2cc(Cl)ccc21. The van der Waals surface area contributed by atoms with Gasteiger partial charge in [0.25, 0.3) is 0 Å². The summed E-state index contributed by atoms with van der Waals surface area (Å²) in [5.41, 5.74) is -3.47. The Bertz CT molecular complexity index is 2360. The second kappa shape index (κ2) is 14.2. The third-order valence-electron chi connectivity index (χ3n) is 12.6. The lowest BCUT2D eigenvalue weighted by Gasteiger charge is -2.48. The molecule has 8 rings (SSSR count). The highest BCUT2D eigenvalue weighted by atomic mass is 35.5. The highest BCUT2D eigenvalue weighted by Crippen LogP contribution is 2.79. The largest absolute Gasteiger partial charge is 0.497 e. The third-order valence-corrected chi connectivity index (χ3v) is 13.1. The summed E-state index contributed by atoms with van der Waals surface area (Å²) in [6.07, 6.45) is 2.92. The number of nitrogens with one attached hydrogen (secondary N) is 1. The van der Waals surface area contributed by atoms with Gasteiger partial charge in [0.15, 0.2) is 16.8 Å². The molecular weight excluding hydrogens is 763 g/mol. The van der Waals surface area contributed by atoms with Gasteiger partial charge in [0.05, 0.1) is 32.1 Å². The average molecular weight is 806 g/mol. The van der Waals surface area contributed by atoms with Gasteiger partial charge >= 0.3 is 0 Å². The van der Waals surface area contributed by atoms with Crippen LogP contribution in [0.5, 0.6) is 11.5 Å². The lowest BCUT2D eigenvalue weighted by molar-refractivity contribution is -0.139. The van der Waals surface area contributed by atoms with E-state index in [1.54, 1.807) is 94.7 Å². The fourth-order valence-corrected chi connectivity index (χ4v) is 10.6. The van der Waals surface area contributed by atoms with E-state index in [-0.39, 0.29) is 11.5 Å². The number of ether oxygens (including phenoxy) is 3. The fourth-order valence-electron chi connectivity index (χ4n) is 10.3. The van der Waals surface area contributed by atoms with Crippen molar-refractivity contribution in [2.45, 2.75) is 56.5 Å². The molecule has 0 unspecified atom stereocenters. The normalized spacial score (nSPS) is 26.8. The van der Waals surface area contributed by atoms with Crippen molar-refractivity contribution in [3.05, 3.63) is 117 Å². The van der Waals surface area contributed by atoms with Crippen LogP contribution in [0.1, 0.15) is 72.5 Å². The number of Topliss-reactive ketones (excluding diaryl/α,β-unsaturated/α-hetero) is 1. The Morgan fingerprint density at radius 1 is 0.842 bits per heavy atom. The first-order valence-electron chi connectivity index (χ1n) is 19.3. The zero-order valence-electron chi connectivity index (χ0n) is 32.1. The molecule has 12 heteroatoms. The molecule has 1 N–H and O–H groups in total. The van der Waals surface area contributed by atoms with Crippen LogP contribution in [0, 0.1) is 34.0 Å². The number of unbranched alkanes of at least 4 members (excludes halogenated alkanes) is 2. The summed E-state index contributed by atoms with van der Waals surface area (Å²) in [4.78, 5) is 50.7. The highest BCUT2D eigenvalue weighted by molar-refractivity contribution is 6.31. The molecule has 10 nitrogen and oxygen atoms in total. The van der Waals surface area contributed by atoms with Gasteiger partial charge in [-0.05, 0) is 102 Å². The number of nitriles is 1. The van der Waals surface area contributed by atoms with E-state index < -0.39 is 51.8 Å². The van der Waals surface area contributed by atoms with Gasteiger partial charge in [0.2, 0.25) is 17.7 Å². The van der Waals surface area contributed by atoms with Crippen molar-refractivity contribution in [2.24, 2.45) is 17.3 Å².